The van der Waals surface area contributed by atoms with Crippen LogP contribution in [0.25, 0.3) is 10.9 Å². The molecular formula is C20H19NOS. The number of thioether (sulfide) groups is 1. The Morgan fingerprint density at radius 2 is 1.78 bits per heavy atom. The third-order valence-corrected chi connectivity index (χ3v) is 5.95. The zero-order chi connectivity index (χ0) is 16.2. The molecule has 4 rings (SSSR count). The second-order valence-corrected chi connectivity index (χ2v) is 8.40. The SMILES string of the molecule is Cc1cc(=O)n2c3c(cccc13)SC(C)(C)C2c1ccccc1. The lowest BCUT2D eigenvalue weighted by Crippen LogP contribution is -2.40. The molecule has 1 aliphatic rings. The first-order chi connectivity index (χ1) is 11.0. The minimum Gasteiger partial charge on any atom is -0.298 e. The summed E-state index contributed by atoms with van der Waals surface area (Å²) in [6.07, 6.45) is 0. The van der Waals surface area contributed by atoms with Crippen molar-refractivity contribution in [2.75, 3.05) is 0 Å². The predicted molar refractivity (Wildman–Crippen MR) is 97.5 cm³/mol. The lowest BCUT2D eigenvalue weighted by atomic mass is 9.93. The molecule has 0 saturated heterocycles. The molecule has 0 N–H and O–H groups in total. The molecule has 1 aromatic heterocycles. The number of aromatic nitrogens is 1. The number of nitrogens with zero attached hydrogens (tertiary/aromatic N) is 1. The van der Waals surface area contributed by atoms with Crippen molar-refractivity contribution in [3.8, 4) is 0 Å². The van der Waals surface area contributed by atoms with Gasteiger partial charge in [-0.1, -0.05) is 42.5 Å². The van der Waals surface area contributed by atoms with E-state index in [0.717, 1.165) is 11.1 Å². The van der Waals surface area contributed by atoms with Gasteiger partial charge >= 0.3 is 0 Å². The first-order valence-electron chi connectivity index (χ1n) is 7.88. The van der Waals surface area contributed by atoms with Gasteiger partial charge in [-0.05, 0) is 38.0 Å². The van der Waals surface area contributed by atoms with E-state index in [4.69, 9.17) is 0 Å². The largest absolute Gasteiger partial charge is 0.298 e. The maximum atomic E-state index is 12.9. The van der Waals surface area contributed by atoms with Crippen LogP contribution < -0.4 is 5.56 Å². The van der Waals surface area contributed by atoms with Crippen LogP contribution in [0.5, 0.6) is 0 Å². The Kier molecular flexibility index (Phi) is 3.17. The van der Waals surface area contributed by atoms with E-state index in [0.29, 0.717) is 0 Å². The Bertz CT molecular complexity index is 957. The van der Waals surface area contributed by atoms with E-state index in [-0.39, 0.29) is 16.3 Å². The highest BCUT2D eigenvalue weighted by Crippen LogP contribution is 2.50. The number of pyridine rings is 1. The molecular weight excluding hydrogens is 302 g/mol. The van der Waals surface area contributed by atoms with Gasteiger partial charge in [-0.15, -0.1) is 11.8 Å². The monoisotopic (exact) mass is 321 g/mol. The van der Waals surface area contributed by atoms with Crippen LogP contribution in [0.3, 0.4) is 0 Å². The quantitative estimate of drug-likeness (QED) is 0.643. The number of benzene rings is 2. The lowest BCUT2D eigenvalue weighted by Gasteiger charge is -2.40. The molecule has 0 radical (unpaired) electrons. The molecule has 2 nitrogen and oxygen atoms in total. The summed E-state index contributed by atoms with van der Waals surface area (Å²) in [6.45, 7) is 6.47. The fraction of sp³-hybridized carbons (Fsp3) is 0.250. The van der Waals surface area contributed by atoms with Crippen LogP contribution in [-0.2, 0) is 0 Å². The fourth-order valence-corrected chi connectivity index (χ4v) is 5.08. The molecule has 3 heteroatoms. The Morgan fingerprint density at radius 1 is 1.04 bits per heavy atom. The van der Waals surface area contributed by atoms with Crippen molar-refractivity contribution < 1.29 is 0 Å². The molecule has 0 saturated carbocycles. The minimum absolute atomic E-state index is 0.0270. The van der Waals surface area contributed by atoms with Crippen LogP contribution in [-0.4, -0.2) is 9.31 Å². The summed E-state index contributed by atoms with van der Waals surface area (Å²) >= 11 is 1.87. The summed E-state index contributed by atoms with van der Waals surface area (Å²) in [5.41, 5.74) is 3.40. The van der Waals surface area contributed by atoms with Crippen molar-refractivity contribution in [2.45, 2.75) is 36.5 Å². The summed E-state index contributed by atoms with van der Waals surface area (Å²) in [5, 5.41) is 1.17. The first kappa shape index (κ1) is 14.6. The van der Waals surface area contributed by atoms with Crippen molar-refractivity contribution in [2.24, 2.45) is 0 Å². The molecule has 1 unspecified atom stereocenters. The molecule has 2 heterocycles. The second-order valence-electron chi connectivity index (χ2n) is 6.71. The average Bonchev–Trinajstić information content (AvgIpc) is 2.51. The average molecular weight is 321 g/mol. The third-order valence-electron chi connectivity index (χ3n) is 4.65. The van der Waals surface area contributed by atoms with Gasteiger partial charge in [0.25, 0.3) is 5.56 Å². The summed E-state index contributed by atoms with van der Waals surface area (Å²) in [7, 11) is 0. The highest BCUT2D eigenvalue weighted by atomic mass is 32.2. The molecule has 0 fully saturated rings. The maximum Gasteiger partial charge on any atom is 0.251 e. The van der Waals surface area contributed by atoms with Crippen molar-refractivity contribution in [1.82, 2.24) is 4.57 Å². The van der Waals surface area contributed by atoms with Gasteiger partial charge < -0.3 is 0 Å². The van der Waals surface area contributed by atoms with Crippen molar-refractivity contribution in [3.63, 3.8) is 0 Å². The summed E-state index contributed by atoms with van der Waals surface area (Å²) < 4.78 is 1.91. The predicted octanol–water partition coefficient (Wildman–Crippen LogP) is 4.78. The van der Waals surface area contributed by atoms with Gasteiger partial charge in [-0.3, -0.25) is 9.36 Å². The zero-order valence-corrected chi connectivity index (χ0v) is 14.4. The van der Waals surface area contributed by atoms with E-state index >= 15 is 0 Å². The minimum atomic E-state index is -0.0955. The summed E-state index contributed by atoms with van der Waals surface area (Å²) in [6, 6.07) is 18.5. The molecule has 0 bridgehead atoms. The Morgan fingerprint density at radius 3 is 2.52 bits per heavy atom. The summed E-state index contributed by atoms with van der Waals surface area (Å²) in [4.78, 5) is 14.1. The molecule has 0 spiro atoms. The lowest BCUT2D eigenvalue weighted by molar-refractivity contribution is 0.468. The van der Waals surface area contributed by atoms with Gasteiger partial charge in [0.1, 0.15) is 0 Å². The number of aryl methyl sites for hydroxylation is 1. The van der Waals surface area contributed by atoms with Crippen LogP contribution in [0.15, 0.2) is 64.3 Å². The topological polar surface area (TPSA) is 22.0 Å². The van der Waals surface area contributed by atoms with E-state index in [2.05, 4.69) is 44.2 Å². The van der Waals surface area contributed by atoms with Gasteiger partial charge in [0, 0.05) is 21.1 Å². The fourth-order valence-electron chi connectivity index (χ4n) is 3.71. The van der Waals surface area contributed by atoms with E-state index in [1.807, 2.05) is 41.5 Å². The van der Waals surface area contributed by atoms with Gasteiger partial charge in [0.05, 0.1) is 11.6 Å². The molecule has 23 heavy (non-hydrogen) atoms. The van der Waals surface area contributed by atoms with Gasteiger partial charge in [0.15, 0.2) is 0 Å². The number of hydrogen-bond acceptors (Lipinski definition) is 2. The highest BCUT2D eigenvalue weighted by molar-refractivity contribution is 8.01. The van der Waals surface area contributed by atoms with Crippen molar-refractivity contribution >= 4 is 22.7 Å². The Labute approximate surface area is 140 Å². The second kappa shape index (κ2) is 5.00. The van der Waals surface area contributed by atoms with Crippen LogP contribution in [0.1, 0.15) is 31.0 Å². The molecule has 1 aliphatic heterocycles. The molecule has 2 aromatic carbocycles. The molecule has 3 aromatic rings. The van der Waals surface area contributed by atoms with E-state index in [1.54, 1.807) is 6.07 Å². The molecule has 116 valence electrons. The maximum absolute atomic E-state index is 12.9. The highest BCUT2D eigenvalue weighted by Gasteiger charge is 2.39. The first-order valence-corrected chi connectivity index (χ1v) is 8.69. The Hall–Kier alpha value is -2.00. The number of rotatable bonds is 1. The molecule has 1 atom stereocenters. The van der Waals surface area contributed by atoms with Crippen LogP contribution in [0.2, 0.25) is 0 Å². The van der Waals surface area contributed by atoms with Crippen LogP contribution in [0, 0.1) is 6.92 Å². The Balaban J connectivity index is 2.14. The van der Waals surface area contributed by atoms with Gasteiger partial charge in [-0.25, -0.2) is 0 Å². The van der Waals surface area contributed by atoms with E-state index < -0.39 is 0 Å². The smallest absolute Gasteiger partial charge is 0.251 e. The molecule has 0 amide bonds. The van der Waals surface area contributed by atoms with Crippen LogP contribution >= 0.6 is 11.8 Å². The third kappa shape index (κ3) is 2.14. The van der Waals surface area contributed by atoms with Gasteiger partial charge in [0.2, 0.25) is 0 Å². The van der Waals surface area contributed by atoms with Crippen molar-refractivity contribution in [1.29, 1.82) is 0 Å². The zero-order valence-electron chi connectivity index (χ0n) is 13.5. The van der Waals surface area contributed by atoms with E-state index in [9.17, 15) is 4.79 Å². The normalized spacial score (nSPS) is 19.0. The van der Waals surface area contributed by atoms with Gasteiger partial charge in [-0.2, -0.15) is 0 Å². The number of hydrogen-bond donors (Lipinski definition) is 0. The number of para-hydroxylation sites is 1. The molecule has 0 aliphatic carbocycles. The summed E-state index contributed by atoms with van der Waals surface area (Å²) in [5.74, 6) is 0. The van der Waals surface area contributed by atoms with Crippen molar-refractivity contribution in [3.05, 3.63) is 76.1 Å². The van der Waals surface area contributed by atoms with E-state index in [1.165, 1.54) is 15.8 Å². The van der Waals surface area contributed by atoms with Crippen LogP contribution in [0.4, 0.5) is 0 Å². The standard InChI is InChI=1S/C20H19NOS/c1-13-12-17(22)21-18-15(13)10-7-11-16(18)23-20(2,3)19(21)14-8-5-4-6-9-14/h4-12,19H,1-3H3.